The van der Waals surface area contributed by atoms with Crippen molar-refractivity contribution in [1.29, 1.82) is 0 Å². The van der Waals surface area contributed by atoms with Crippen LogP contribution in [0.3, 0.4) is 0 Å². The van der Waals surface area contributed by atoms with Crippen molar-refractivity contribution < 1.29 is 17.9 Å². The topological polar surface area (TPSA) is 12.5 Å². The lowest BCUT2D eigenvalue weighted by molar-refractivity contribution is -0.139. The fourth-order valence-electron chi connectivity index (χ4n) is 2.23. The molecule has 1 heterocycles. The number of alkyl halides is 3. The first kappa shape index (κ1) is 14.2. The lowest BCUT2D eigenvalue weighted by Crippen LogP contribution is -2.38. The molecular formula is C14H17F3NO. The Hall–Kier alpha value is -1.23. The van der Waals surface area contributed by atoms with Gasteiger partial charge in [-0.15, -0.1) is 0 Å². The summed E-state index contributed by atoms with van der Waals surface area (Å²) in [4.78, 5) is 2.16. The van der Waals surface area contributed by atoms with Crippen LogP contribution in [-0.4, -0.2) is 30.6 Å². The summed E-state index contributed by atoms with van der Waals surface area (Å²) in [7, 11) is 0. The first-order chi connectivity index (χ1) is 9.00. The van der Waals surface area contributed by atoms with Crippen LogP contribution in [-0.2, 0) is 6.18 Å². The van der Waals surface area contributed by atoms with Crippen molar-refractivity contribution in [3.8, 4) is 5.75 Å². The smallest absolute Gasteiger partial charge is 0.419 e. The van der Waals surface area contributed by atoms with E-state index in [1.54, 1.807) is 6.07 Å². The van der Waals surface area contributed by atoms with Crippen molar-refractivity contribution in [2.45, 2.75) is 25.1 Å². The third-order valence-electron chi connectivity index (χ3n) is 3.34. The number of hydrogen-bond donors (Lipinski definition) is 0. The summed E-state index contributed by atoms with van der Waals surface area (Å²) < 4.78 is 44.0. The maximum atomic E-state index is 12.8. The molecule has 0 atom stereocenters. The molecule has 0 aromatic heterocycles. The standard InChI is InChI=1S/C14H17F3NO/c1-2-18-9-7-11(8-10-18)19-13-6-4-3-5-12(13)14(15,16)17/h3-6,11H,1-2,7-10H2. The molecule has 1 aliphatic rings. The minimum atomic E-state index is -4.37. The highest BCUT2D eigenvalue weighted by molar-refractivity contribution is 5.35. The van der Waals surface area contributed by atoms with Gasteiger partial charge in [-0.25, -0.2) is 0 Å². The van der Waals surface area contributed by atoms with Crippen molar-refractivity contribution in [1.82, 2.24) is 4.90 Å². The van der Waals surface area contributed by atoms with Crippen LogP contribution in [0.5, 0.6) is 5.75 Å². The number of nitrogens with zero attached hydrogens (tertiary/aromatic N) is 1. The van der Waals surface area contributed by atoms with Crippen LogP contribution in [0.1, 0.15) is 18.4 Å². The Morgan fingerprint density at radius 1 is 1.21 bits per heavy atom. The van der Waals surface area contributed by atoms with Gasteiger partial charge in [0.1, 0.15) is 11.9 Å². The Kier molecular flexibility index (Phi) is 4.34. The molecule has 0 bridgehead atoms. The average molecular weight is 272 g/mol. The average Bonchev–Trinajstić information content (AvgIpc) is 2.39. The van der Waals surface area contributed by atoms with E-state index in [-0.39, 0.29) is 11.9 Å². The molecule has 2 rings (SSSR count). The van der Waals surface area contributed by atoms with E-state index in [0.717, 1.165) is 38.5 Å². The van der Waals surface area contributed by atoms with Gasteiger partial charge in [0.05, 0.1) is 5.56 Å². The molecule has 0 spiro atoms. The normalized spacial score (nSPS) is 18.5. The molecular weight excluding hydrogens is 255 g/mol. The van der Waals surface area contributed by atoms with Crippen LogP contribution in [0.15, 0.2) is 24.3 Å². The number of halogens is 3. The monoisotopic (exact) mass is 272 g/mol. The molecule has 0 amide bonds. The summed E-state index contributed by atoms with van der Waals surface area (Å²) in [5.41, 5.74) is -0.699. The van der Waals surface area contributed by atoms with Gasteiger partial charge in [-0.1, -0.05) is 12.1 Å². The van der Waals surface area contributed by atoms with E-state index in [0.29, 0.717) is 0 Å². The maximum Gasteiger partial charge on any atom is 0.419 e. The lowest BCUT2D eigenvalue weighted by atomic mass is 10.1. The molecule has 5 heteroatoms. The summed E-state index contributed by atoms with van der Waals surface area (Å²) >= 11 is 0. The molecule has 2 nitrogen and oxygen atoms in total. The Balaban J connectivity index is 2.04. The minimum absolute atomic E-state index is 0.0666. The Morgan fingerprint density at radius 3 is 2.42 bits per heavy atom. The number of ether oxygens (including phenoxy) is 1. The van der Waals surface area contributed by atoms with Crippen LogP contribution in [0.2, 0.25) is 0 Å². The summed E-state index contributed by atoms with van der Waals surface area (Å²) in [5, 5.41) is 0. The van der Waals surface area contributed by atoms with Crippen LogP contribution in [0.4, 0.5) is 13.2 Å². The minimum Gasteiger partial charge on any atom is -0.490 e. The zero-order valence-corrected chi connectivity index (χ0v) is 10.6. The van der Waals surface area contributed by atoms with E-state index < -0.39 is 11.7 Å². The van der Waals surface area contributed by atoms with Gasteiger partial charge < -0.3 is 9.64 Å². The fraction of sp³-hybridized carbons (Fsp3) is 0.500. The zero-order chi connectivity index (χ0) is 13.9. The molecule has 1 saturated heterocycles. The number of hydrogen-bond acceptors (Lipinski definition) is 2. The van der Waals surface area contributed by atoms with Crippen molar-refractivity contribution in [3.63, 3.8) is 0 Å². The number of piperidine rings is 1. The number of rotatable bonds is 3. The van der Waals surface area contributed by atoms with Crippen LogP contribution in [0.25, 0.3) is 0 Å². The highest BCUT2D eigenvalue weighted by Gasteiger charge is 2.34. The number of benzene rings is 1. The Labute approximate surface area is 111 Å². The predicted molar refractivity (Wildman–Crippen MR) is 66.9 cm³/mol. The number of likely N-dealkylation sites (tertiary alicyclic amines) is 1. The molecule has 0 aliphatic carbocycles. The van der Waals surface area contributed by atoms with Crippen LogP contribution >= 0.6 is 0 Å². The molecule has 1 radical (unpaired) electrons. The lowest BCUT2D eigenvalue weighted by Gasteiger charge is -2.31. The summed E-state index contributed by atoms with van der Waals surface area (Å²) in [6, 6.07) is 5.38. The molecule has 0 N–H and O–H groups in total. The second-order valence-electron chi connectivity index (χ2n) is 4.65. The van der Waals surface area contributed by atoms with Crippen molar-refractivity contribution in [2.24, 2.45) is 0 Å². The first-order valence-electron chi connectivity index (χ1n) is 6.35. The van der Waals surface area contributed by atoms with Gasteiger partial charge in [-0.3, -0.25) is 0 Å². The van der Waals surface area contributed by atoms with Crippen molar-refractivity contribution >= 4 is 0 Å². The predicted octanol–water partition coefficient (Wildman–Crippen LogP) is 3.38. The zero-order valence-electron chi connectivity index (χ0n) is 10.6. The van der Waals surface area contributed by atoms with Crippen LogP contribution in [0, 0.1) is 6.92 Å². The summed E-state index contributed by atoms with van der Waals surface area (Å²) in [6.07, 6.45) is -3.04. The van der Waals surface area contributed by atoms with E-state index >= 15 is 0 Å². The molecule has 19 heavy (non-hydrogen) atoms. The molecule has 0 saturated carbocycles. The highest BCUT2D eigenvalue weighted by Crippen LogP contribution is 2.36. The quantitative estimate of drug-likeness (QED) is 0.836. The Morgan fingerprint density at radius 2 is 1.84 bits per heavy atom. The summed E-state index contributed by atoms with van der Waals surface area (Å²) in [6.45, 7) is 6.17. The van der Waals surface area contributed by atoms with E-state index in [2.05, 4.69) is 11.8 Å². The Bertz CT molecular complexity index is 411. The highest BCUT2D eigenvalue weighted by atomic mass is 19.4. The van der Waals surface area contributed by atoms with Crippen LogP contribution < -0.4 is 4.74 Å². The van der Waals surface area contributed by atoms with E-state index in [9.17, 15) is 13.2 Å². The molecule has 1 fully saturated rings. The second kappa shape index (κ2) is 5.82. The maximum absolute atomic E-state index is 12.8. The largest absolute Gasteiger partial charge is 0.490 e. The van der Waals surface area contributed by atoms with Gasteiger partial charge in [0, 0.05) is 13.1 Å². The van der Waals surface area contributed by atoms with Gasteiger partial charge in [0.15, 0.2) is 0 Å². The first-order valence-corrected chi connectivity index (χ1v) is 6.35. The van der Waals surface area contributed by atoms with Crippen molar-refractivity contribution in [2.75, 3.05) is 19.6 Å². The SMILES string of the molecule is [CH2]CN1CCC(Oc2ccccc2C(F)(F)F)CC1. The molecule has 1 aliphatic heterocycles. The van der Waals surface area contributed by atoms with E-state index in [4.69, 9.17) is 4.74 Å². The molecule has 1 aromatic rings. The summed E-state index contributed by atoms with van der Waals surface area (Å²) in [5.74, 6) is -0.0666. The van der Waals surface area contributed by atoms with Gasteiger partial charge >= 0.3 is 6.18 Å². The van der Waals surface area contributed by atoms with E-state index in [1.807, 2.05) is 0 Å². The van der Waals surface area contributed by atoms with Gasteiger partial charge in [-0.05, 0) is 38.4 Å². The van der Waals surface area contributed by atoms with Gasteiger partial charge in [0.25, 0.3) is 0 Å². The van der Waals surface area contributed by atoms with Crippen molar-refractivity contribution in [3.05, 3.63) is 36.8 Å². The number of para-hydroxylation sites is 1. The second-order valence-corrected chi connectivity index (χ2v) is 4.65. The molecule has 0 unspecified atom stereocenters. The van der Waals surface area contributed by atoms with Gasteiger partial charge in [0.2, 0.25) is 0 Å². The molecule has 105 valence electrons. The fourth-order valence-corrected chi connectivity index (χ4v) is 2.23. The molecule has 1 aromatic carbocycles. The third-order valence-corrected chi connectivity index (χ3v) is 3.34. The van der Waals surface area contributed by atoms with E-state index in [1.165, 1.54) is 12.1 Å². The van der Waals surface area contributed by atoms with Gasteiger partial charge in [-0.2, -0.15) is 13.2 Å². The third kappa shape index (κ3) is 3.62.